The van der Waals surface area contributed by atoms with Gasteiger partial charge in [0.25, 0.3) is 0 Å². The number of benzene rings is 2. The summed E-state index contributed by atoms with van der Waals surface area (Å²) in [6.07, 6.45) is 0. The van der Waals surface area contributed by atoms with Gasteiger partial charge in [-0.1, -0.05) is 42.5 Å². The highest BCUT2D eigenvalue weighted by Gasteiger charge is 2.25. The number of halogens is 1. The van der Waals surface area contributed by atoms with E-state index in [9.17, 15) is 12.8 Å². The van der Waals surface area contributed by atoms with Crippen LogP contribution in [-0.2, 0) is 20.5 Å². The molecule has 0 amide bonds. The Morgan fingerprint density at radius 3 is 2.50 bits per heavy atom. The highest BCUT2D eigenvalue weighted by atomic mass is 32.2. The predicted octanol–water partition coefficient (Wildman–Crippen LogP) is 2.32. The molecule has 7 heteroatoms. The Balaban J connectivity index is 1.73. The van der Waals surface area contributed by atoms with Crippen LogP contribution in [-0.4, -0.2) is 46.2 Å². The lowest BCUT2D eigenvalue weighted by Crippen LogP contribution is -2.44. The topological polar surface area (TPSA) is 58.6 Å². The van der Waals surface area contributed by atoms with Crippen LogP contribution < -0.4 is 4.72 Å². The zero-order chi connectivity index (χ0) is 18.4. The molecular formula is C19H23FN2O3S. The Hall–Kier alpha value is -1.80. The Morgan fingerprint density at radius 1 is 1.08 bits per heavy atom. The molecule has 2 aromatic rings. The minimum Gasteiger partial charge on any atom is -0.379 e. The minimum atomic E-state index is -3.49. The molecule has 140 valence electrons. The van der Waals surface area contributed by atoms with Crippen molar-refractivity contribution in [3.63, 3.8) is 0 Å². The lowest BCUT2D eigenvalue weighted by Gasteiger charge is -2.34. The number of nitrogens with one attached hydrogen (secondary N) is 1. The Kier molecular flexibility index (Phi) is 6.37. The third-order valence-electron chi connectivity index (χ3n) is 4.42. The summed E-state index contributed by atoms with van der Waals surface area (Å²) in [6, 6.07) is 15.1. The van der Waals surface area contributed by atoms with E-state index in [0.29, 0.717) is 26.3 Å². The summed E-state index contributed by atoms with van der Waals surface area (Å²) in [5, 5.41) is 0. The lowest BCUT2D eigenvalue weighted by molar-refractivity contribution is 0.0171. The Bertz CT molecular complexity index is 809. The monoisotopic (exact) mass is 378 g/mol. The number of hydrogen-bond donors (Lipinski definition) is 1. The van der Waals surface area contributed by atoms with Gasteiger partial charge in [0, 0.05) is 25.7 Å². The Labute approximate surface area is 153 Å². The maximum Gasteiger partial charge on any atom is 0.215 e. The first-order chi connectivity index (χ1) is 12.5. The number of nitrogens with zero attached hydrogens (tertiary/aromatic N) is 1. The fourth-order valence-corrected chi connectivity index (χ4v) is 4.26. The number of rotatable bonds is 7. The van der Waals surface area contributed by atoms with E-state index in [1.807, 2.05) is 24.3 Å². The van der Waals surface area contributed by atoms with Crippen molar-refractivity contribution in [2.24, 2.45) is 0 Å². The van der Waals surface area contributed by atoms with Gasteiger partial charge in [0.1, 0.15) is 5.82 Å². The molecule has 0 saturated carbocycles. The number of sulfonamides is 1. The van der Waals surface area contributed by atoms with E-state index >= 15 is 0 Å². The van der Waals surface area contributed by atoms with Gasteiger partial charge in [0.05, 0.1) is 19.0 Å². The first kappa shape index (κ1) is 19.0. The maximum atomic E-state index is 13.7. The van der Waals surface area contributed by atoms with E-state index in [-0.39, 0.29) is 24.2 Å². The SMILES string of the molecule is O=S(=O)(Cc1ccccc1)NCC(c1cccc(F)c1)N1CCOCC1. The van der Waals surface area contributed by atoms with Gasteiger partial charge in [-0.25, -0.2) is 17.5 Å². The highest BCUT2D eigenvalue weighted by Crippen LogP contribution is 2.22. The fraction of sp³-hybridized carbons (Fsp3) is 0.368. The van der Waals surface area contributed by atoms with Crippen molar-refractivity contribution in [2.45, 2.75) is 11.8 Å². The summed E-state index contributed by atoms with van der Waals surface area (Å²) in [5.41, 5.74) is 1.49. The van der Waals surface area contributed by atoms with Crippen LogP contribution in [0, 0.1) is 5.82 Å². The zero-order valence-corrected chi connectivity index (χ0v) is 15.3. The molecule has 1 atom stereocenters. The molecule has 1 aliphatic rings. The summed E-state index contributed by atoms with van der Waals surface area (Å²) >= 11 is 0. The largest absolute Gasteiger partial charge is 0.379 e. The van der Waals surface area contributed by atoms with Crippen LogP contribution in [0.4, 0.5) is 4.39 Å². The average molecular weight is 378 g/mol. The molecular weight excluding hydrogens is 355 g/mol. The first-order valence-corrected chi connectivity index (χ1v) is 10.3. The number of hydrogen-bond acceptors (Lipinski definition) is 4. The molecule has 0 aromatic heterocycles. The minimum absolute atomic E-state index is 0.0766. The van der Waals surface area contributed by atoms with Crippen molar-refractivity contribution in [2.75, 3.05) is 32.8 Å². The summed E-state index contributed by atoms with van der Waals surface area (Å²) < 4.78 is 46.7. The summed E-state index contributed by atoms with van der Waals surface area (Å²) in [5.74, 6) is -0.403. The maximum absolute atomic E-state index is 13.7. The third-order valence-corrected chi connectivity index (χ3v) is 5.74. The molecule has 1 N–H and O–H groups in total. The van der Waals surface area contributed by atoms with E-state index in [4.69, 9.17) is 4.74 Å². The van der Waals surface area contributed by atoms with Crippen LogP contribution in [0.2, 0.25) is 0 Å². The van der Waals surface area contributed by atoms with Crippen molar-refractivity contribution in [1.29, 1.82) is 0 Å². The molecule has 1 saturated heterocycles. The van der Waals surface area contributed by atoms with Gasteiger partial charge in [-0.05, 0) is 23.3 Å². The molecule has 0 radical (unpaired) electrons. The van der Waals surface area contributed by atoms with Crippen LogP contribution in [0.15, 0.2) is 54.6 Å². The fourth-order valence-electron chi connectivity index (χ4n) is 3.11. The van der Waals surface area contributed by atoms with Crippen molar-refractivity contribution in [1.82, 2.24) is 9.62 Å². The van der Waals surface area contributed by atoms with Gasteiger partial charge in [0.15, 0.2) is 0 Å². The normalized spacial score (nSPS) is 17.1. The van der Waals surface area contributed by atoms with Crippen molar-refractivity contribution < 1.29 is 17.5 Å². The van der Waals surface area contributed by atoms with Gasteiger partial charge in [-0.3, -0.25) is 4.90 Å². The van der Waals surface area contributed by atoms with E-state index in [2.05, 4.69) is 9.62 Å². The number of morpholine rings is 1. The van der Waals surface area contributed by atoms with Crippen LogP contribution >= 0.6 is 0 Å². The Morgan fingerprint density at radius 2 is 1.81 bits per heavy atom. The summed E-state index contributed by atoms with van der Waals surface area (Å²) in [6.45, 7) is 2.73. The quantitative estimate of drug-likeness (QED) is 0.803. The van der Waals surface area contributed by atoms with Gasteiger partial charge in [-0.15, -0.1) is 0 Å². The van der Waals surface area contributed by atoms with E-state index in [0.717, 1.165) is 11.1 Å². The van der Waals surface area contributed by atoms with E-state index in [1.165, 1.54) is 12.1 Å². The average Bonchev–Trinajstić information content (AvgIpc) is 2.63. The zero-order valence-electron chi connectivity index (χ0n) is 14.5. The molecule has 0 spiro atoms. The van der Waals surface area contributed by atoms with Gasteiger partial charge in [-0.2, -0.15) is 0 Å². The second-order valence-corrected chi connectivity index (χ2v) is 8.12. The molecule has 26 heavy (non-hydrogen) atoms. The highest BCUT2D eigenvalue weighted by molar-refractivity contribution is 7.88. The third kappa shape index (κ3) is 5.35. The molecule has 2 aromatic carbocycles. The predicted molar refractivity (Wildman–Crippen MR) is 98.6 cm³/mol. The van der Waals surface area contributed by atoms with Crippen LogP contribution in [0.3, 0.4) is 0 Å². The van der Waals surface area contributed by atoms with Gasteiger partial charge < -0.3 is 4.74 Å². The summed E-state index contributed by atoms with van der Waals surface area (Å²) in [4.78, 5) is 2.13. The first-order valence-electron chi connectivity index (χ1n) is 8.62. The van der Waals surface area contributed by atoms with E-state index in [1.54, 1.807) is 18.2 Å². The number of ether oxygens (including phenoxy) is 1. The van der Waals surface area contributed by atoms with E-state index < -0.39 is 10.0 Å². The molecule has 5 nitrogen and oxygen atoms in total. The van der Waals surface area contributed by atoms with Crippen LogP contribution in [0.1, 0.15) is 17.2 Å². The molecule has 0 aliphatic carbocycles. The smallest absolute Gasteiger partial charge is 0.215 e. The molecule has 1 unspecified atom stereocenters. The second kappa shape index (κ2) is 8.73. The van der Waals surface area contributed by atoms with Crippen molar-refractivity contribution in [3.8, 4) is 0 Å². The van der Waals surface area contributed by atoms with Crippen LogP contribution in [0.25, 0.3) is 0 Å². The standard InChI is InChI=1S/C19H23FN2O3S/c20-18-8-4-7-17(13-18)19(22-9-11-25-12-10-22)14-21-26(23,24)15-16-5-2-1-3-6-16/h1-8,13,19,21H,9-12,14-15H2. The lowest BCUT2D eigenvalue weighted by atomic mass is 10.0. The molecule has 1 fully saturated rings. The molecule has 1 heterocycles. The molecule has 0 bridgehead atoms. The van der Waals surface area contributed by atoms with Gasteiger partial charge in [0.2, 0.25) is 10.0 Å². The second-order valence-electron chi connectivity index (χ2n) is 6.31. The van der Waals surface area contributed by atoms with Crippen molar-refractivity contribution in [3.05, 3.63) is 71.5 Å². The van der Waals surface area contributed by atoms with Gasteiger partial charge >= 0.3 is 0 Å². The summed E-state index contributed by atoms with van der Waals surface area (Å²) in [7, 11) is -3.49. The van der Waals surface area contributed by atoms with Crippen LogP contribution in [0.5, 0.6) is 0 Å². The van der Waals surface area contributed by atoms with Crippen molar-refractivity contribution >= 4 is 10.0 Å². The molecule has 1 aliphatic heterocycles. The molecule has 3 rings (SSSR count).